The van der Waals surface area contributed by atoms with Crippen molar-refractivity contribution >= 4 is 5.69 Å². The van der Waals surface area contributed by atoms with Crippen LogP contribution in [-0.2, 0) is 6.54 Å². The molecule has 0 atom stereocenters. The molecule has 0 radical (unpaired) electrons. The molecule has 1 aliphatic heterocycles. The topological polar surface area (TPSA) is 18.5 Å². The minimum atomic E-state index is -0.136. The van der Waals surface area contributed by atoms with E-state index in [9.17, 15) is 4.39 Å². The van der Waals surface area contributed by atoms with E-state index >= 15 is 0 Å². The fraction of sp³-hybridized carbons (Fsp3) is 0.647. The Morgan fingerprint density at radius 2 is 1.95 bits per heavy atom. The van der Waals surface area contributed by atoms with Gasteiger partial charge in [0.15, 0.2) is 0 Å². The molecule has 3 nitrogen and oxygen atoms in total. The lowest BCUT2D eigenvalue weighted by Gasteiger charge is -2.37. The van der Waals surface area contributed by atoms with Crippen LogP contribution in [0, 0.1) is 5.82 Å². The quantitative estimate of drug-likeness (QED) is 0.899. The van der Waals surface area contributed by atoms with E-state index < -0.39 is 0 Å². The van der Waals surface area contributed by atoms with E-state index in [0.29, 0.717) is 12.1 Å². The molecule has 0 aromatic heterocycles. The molecule has 1 saturated heterocycles. The van der Waals surface area contributed by atoms with Crippen LogP contribution in [-0.4, -0.2) is 44.2 Å². The minimum Gasteiger partial charge on any atom is -0.371 e. The lowest BCUT2D eigenvalue weighted by molar-refractivity contribution is 0.252. The number of piperidine rings is 1. The average molecular weight is 291 g/mol. The van der Waals surface area contributed by atoms with Crippen LogP contribution in [0.1, 0.15) is 31.2 Å². The lowest BCUT2D eigenvalue weighted by atomic mass is 10.0. The molecule has 4 heteroatoms. The van der Waals surface area contributed by atoms with Crippen LogP contribution in [0.5, 0.6) is 0 Å². The van der Waals surface area contributed by atoms with E-state index in [4.69, 9.17) is 0 Å². The first kappa shape index (κ1) is 14.8. The second-order valence-corrected chi connectivity index (χ2v) is 6.57. The van der Waals surface area contributed by atoms with Crippen molar-refractivity contribution in [2.24, 2.45) is 0 Å². The molecule has 1 aromatic carbocycles. The number of nitrogens with one attached hydrogen (secondary N) is 1. The van der Waals surface area contributed by atoms with E-state index in [0.717, 1.165) is 25.2 Å². The van der Waals surface area contributed by atoms with Crippen molar-refractivity contribution in [3.05, 3.63) is 29.6 Å². The summed E-state index contributed by atoms with van der Waals surface area (Å²) in [5.41, 5.74) is 2.27. The summed E-state index contributed by atoms with van der Waals surface area (Å²) >= 11 is 0. The fourth-order valence-corrected chi connectivity index (χ4v) is 3.16. The average Bonchev–Trinajstić information content (AvgIpc) is 3.29. The number of likely N-dealkylation sites (tertiary alicyclic amines) is 1. The van der Waals surface area contributed by atoms with Crippen molar-refractivity contribution < 1.29 is 4.39 Å². The van der Waals surface area contributed by atoms with Gasteiger partial charge in [-0.05, 0) is 69.6 Å². The van der Waals surface area contributed by atoms with E-state index in [-0.39, 0.29) is 5.82 Å². The Hall–Kier alpha value is -1.13. The predicted octanol–water partition coefficient (Wildman–Crippen LogP) is 2.61. The number of hydrogen-bond donors (Lipinski definition) is 1. The number of anilines is 1. The summed E-state index contributed by atoms with van der Waals surface area (Å²) in [4.78, 5) is 4.74. The Labute approximate surface area is 127 Å². The first-order valence-corrected chi connectivity index (χ1v) is 8.06. The predicted molar refractivity (Wildman–Crippen MR) is 85.2 cm³/mol. The maximum absolute atomic E-state index is 13.6. The highest BCUT2D eigenvalue weighted by molar-refractivity contribution is 5.54. The highest BCUT2D eigenvalue weighted by atomic mass is 19.1. The minimum absolute atomic E-state index is 0.136. The Kier molecular flexibility index (Phi) is 4.45. The summed E-state index contributed by atoms with van der Waals surface area (Å²) in [5.74, 6) is -0.136. The molecule has 21 heavy (non-hydrogen) atoms. The molecular weight excluding hydrogens is 265 g/mol. The van der Waals surface area contributed by atoms with Crippen LogP contribution < -0.4 is 10.2 Å². The highest BCUT2D eigenvalue weighted by Crippen LogP contribution is 2.27. The highest BCUT2D eigenvalue weighted by Gasteiger charge is 2.24. The Balaban J connectivity index is 1.72. The summed E-state index contributed by atoms with van der Waals surface area (Å²) < 4.78 is 13.6. The van der Waals surface area contributed by atoms with Crippen molar-refractivity contribution in [2.75, 3.05) is 32.1 Å². The smallest absolute Gasteiger partial charge is 0.123 e. The Morgan fingerprint density at radius 3 is 2.62 bits per heavy atom. The standard InChI is InChI=1S/C17H26FN3/c1-20-9-7-16(8-10-20)21(2)17-6-3-14(18)11-13(17)12-19-15-4-5-15/h3,6,11,15-16,19H,4-5,7-10,12H2,1-2H3. The van der Waals surface area contributed by atoms with Gasteiger partial charge in [-0.3, -0.25) is 0 Å². The number of benzene rings is 1. The maximum Gasteiger partial charge on any atom is 0.123 e. The number of rotatable bonds is 5. The zero-order valence-electron chi connectivity index (χ0n) is 13.1. The molecular formula is C17H26FN3. The van der Waals surface area contributed by atoms with Crippen LogP contribution in [0.15, 0.2) is 18.2 Å². The van der Waals surface area contributed by atoms with Crippen LogP contribution in [0.4, 0.5) is 10.1 Å². The molecule has 1 heterocycles. The van der Waals surface area contributed by atoms with Crippen LogP contribution in [0.3, 0.4) is 0 Å². The van der Waals surface area contributed by atoms with Gasteiger partial charge in [0.2, 0.25) is 0 Å². The third-order valence-corrected chi connectivity index (χ3v) is 4.82. The van der Waals surface area contributed by atoms with Gasteiger partial charge in [-0.15, -0.1) is 0 Å². The third kappa shape index (κ3) is 3.74. The summed E-state index contributed by atoms with van der Waals surface area (Å²) in [6.07, 6.45) is 4.88. The molecule has 1 aromatic rings. The first-order valence-electron chi connectivity index (χ1n) is 8.06. The normalized spacial score (nSPS) is 20.7. The van der Waals surface area contributed by atoms with Crippen LogP contribution >= 0.6 is 0 Å². The van der Waals surface area contributed by atoms with Crippen molar-refractivity contribution in [1.29, 1.82) is 0 Å². The van der Waals surface area contributed by atoms with Crippen molar-refractivity contribution in [2.45, 2.75) is 44.3 Å². The van der Waals surface area contributed by atoms with Crippen molar-refractivity contribution in [3.8, 4) is 0 Å². The molecule has 0 spiro atoms. The fourth-order valence-electron chi connectivity index (χ4n) is 3.16. The van der Waals surface area contributed by atoms with E-state index in [1.165, 1.54) is 31.4 Å². The molecule has 1 saturated carbocycles. The van der Waals surface area contributed by atoms with E-state index in [1.807, 2.05) is 6.07 Å². The van der Waals surface area contributed by atoms with Gasteiger partial charge in [-0.1, -0.05) is 0 Å². The van der Waals surface area contributed by atoms with Gasteiger partial charge in [0, 0.05) is 31.4 Å². The number of halogens is 1. The third-order valence-electron chi connectivity index (χ3n) is 4.82. The zero-order valence-corrected chi connectivity index (χ0v) is 13.1. The largest absolute Gasteiger partial charge is 0.371 e. The Morgan fingerprint density at radius 1 is 1.24 bits per heavy atom. The second kappa shape index (κ2) is 6.32. The number of nitrogens with zero attached hydrogens (tertiary/aromatic N) is 2. The summed E-state index contributed by atoms with van der Waals surface area (Å²) in [5, 5.41) is 3.50. The van der Waals surface area contributed by atoms with Gasteiger partial charge >= 0.3 is 0 Å². The van der Waals surface area contributed by atoms with Gasteiger partial charge in [-0.2, -0.15) is 0 Å². The molecule has 116 valence electrons. The first-order chi connectivity index (χ1) is 10.1. The monoisotopic (exact) mass is 291 g/mol. The molecule has 0 bridgehead atoms. The molecule has 0 amide bonds. The van der Waals surface area contributed by atoms with E-state index in [1.54, 1.807) is 12.1 Å². The molecule has 3 rings (SSSR count). The van der Waals surface area contributed by atoms with Crippen molar-refractivity contribution in [3.63, 3.8) is 0 Å². The van der Waals surface area contributed by atoms with E-state index in [2.05, 4.69) is 29.2 Å². The molecule has 0 unspecified atom stereocenters. The van der Waals surface area contributed by atoms with Gasteiger partial charge in [0.1, 0.15) is 5.82 Å². The van der Waals surface area contributed by atoms with Gasteiger partial charge in [0.25, 0.3) is 0 Å². The second-order valence-electron chi connectivity index (χ2n) is 6.57. The van der Waals surface area contributed by atoms with Gasteiger partial charge in [-0.25, -0.2) is 4.39 Å². The summed E-state index contributed by atoms with van der Waals surface area (Å²) in [6, 6.07) is 6.43. The SMILES string of the molecule is CN1CCC(N(C)c2ccc(F)cc2CNC2CC2)CC1. The Bertz CT molecular complexity index is 479. The lowest BCUT2D eigenvalue weighted by Crippen LogP contribution is -2.42. The molecule has 2 aliphatic rings. The van der Waals surface area contributed by atoms with Gasteiger partial charge in [0.05, 0.1) is 0 Å². The molecule has 1 N–H and O–H groups in total. The van der Waals surface area contributed by atoms with Gasteiger partial charge < -0.3 is 15.1 Å². The molecule has 1 aliphatic carbocycles. The zero-order chi connectivity index (χ0) is 14.8. The molecule has 2 fully saturated rings. The maximum atomic E-state index is 13.6. The van der Waals surface area contributed by atoms with Crippen LogP contribution in [0.2, 0.25) is 0 Å². The summed E-state index contributed by atoms with van der Waals surface area (Å²) in [7, 11) is 4.34. The number of hydrogen-bond acceptors (Lipinski definition) is 3. The van der Waals surface area contributed by atoms with Crippen molar-refractivity contribution in [1.82, 2.24) is 10.2 Å². The summed E-state index contributed by atoms with van der Waals surface area (Å²) in [6.45, 7) is 3.06. The van der Waals surface area contributed by atoms with Crippen LogP contribution in [0.25, 0.3) is 0 Å².